The topological polar surface area (TPSA) is 44.8 Å². The fourth-order valence-corrected chi connectivity index (χ4v) is 1.61. The Morgan fingerprint density at radius 3 is 2.05 bits per heavy atom. The average molecular weight is 264 g/mol. The monoisotopic (exact) mass is 264 g/mol. The lowest BCUT2D eigenvalue weighted by Gasteiger charge is -2.13. The van der Waals surface area contributed by atoms with E-state index in [1.54, 1.807) is 0 Å². The summed E-state index contributed by atoms with van der Waals surface area (Å²) >= 11 is 0. The molecule has 0 heterocycles. The Morgan fingerprint density at radius 2 is 1.68 bits per heavy atom. The number of hydrogen-bond acceptors (Lipinski definition) is 4. The highest BCUT2D eigenvalue weighted by Crippen LogP contribution is 2.39. The van der Waals surface area contributed by atoms with Crippen LogP contribution in [0.25, 0.3) is 6.08 Å². The lowest BCUT2D eigenvalue weighted by molar-refractivity contribution is -0.132. The summed E-state index contributed by atoms with van der Waals surface area (Å²) in [6.45, 7) is 5.49. The van der Waals surface area contributed by atoms with Crippen molar-refractivity contribution in [2.75, 3.05) is 14.2 Å². The second-order valence-corrected chi connectivity index (χ2v) is 4.19. The predicted molar refractivity (Wildman–Crippen MR) is 74.8 cm³/mol. The highest BCUT2D eigenvalue weighted by molar-refractivity contribution is 5.73. The van der Waals surface area contributed by atoms with Crippen LogP contribution < -0.4 is 14.2 Å². The summed E-state index contributed by atoms with van der Waals surface area (Å²) in [6, 6.07) is 3.64. The van der Waals surface area contributed by atoms with E-state index in [1.807, 2.05) is 18.2 Å². The molecule has 0 atom stereocenters. The van der Waals surface area contributed by atoms with Crippen LogP contribution in [0, 0.1) is 0 Å². The molecule has 0 saturated heterocycles. The van der Waals surface area contributed by atoms with Gasteiger partial charge in [0.25, 0.3) is 0 Å². The Hall–Kier alpha value is -1.97. The third-order valence-electron chi connectivity index (χ3n) is 2.70. The first-order valence-corrected chi connectivity index (χ1v) is 6.13. The normalized spacial score (nSPS) is 11.1. The van der Waals surface area contributed by atoms with Crippen LogP contribution in [0.5, 0.6) is 17.2 Å². The SMILES string of the molecule is CC/C(C)=C\c1cc(OC)c(OC(C)=O)c(OC)c1. The first-order chi connectivity index (χ1) is 9.01. The van der Waals surface area contributed by atoms with Crippen molar-refractivity contribution in [3.8, 4) is 17.2 Å². The number of methoxy groups -OCH3 is 2. The summed E-state index contributed by atoms with van der Waals surface area (Å²) in [5.41, 5.74) is 2.19. The van der Waals surface area contributed by atoms with Crippen LogP contribution in [0.1, 0.15) is 32.8 Å². The molecular weight excluding hydrogens is 244 g/mol. The third kappa shape index (κ3) is 4.02. The number of rotatable bonds is 5. The fraction of sp³-hybridized carbons (Fsp3) is 0.400. The maximum absolute atomic E-state index is 11.1. The molecule has 0 spiro atoms. The molecule has 0 unspecified atom stereocenters. The van der Waals surface area contributed by atoms with Crippen LogP contribution in [0.4, 0.5) is 0 Å². The molecule has 0 amide bonds. The number of benzene rings is 1. The van der Waals surface area contributed by atoms with E-state index < -0.39 is 5.97 Å². The summed E-state index contributed by atoms with van der Waals surface area (Å²) < 4.78 is 15.7. The van der Waals surface area contributed by atoms with Crippen molar-refractivity contribution in [3.63, 3.8) is 0 Å². The van der Waals surface area contributed by atoms with Gasteiger partial charge in [-0.25, -0.2) is 0 Å². The molecule has 0 aliphatic rings. The highest BCUT2D eigenvalue weighted by atomic mass is 16.6. The first kappa shape index (κ1) is 15.1. The molecule has 0 radical (unpaired) electrons. The number of hydrogen-bond donors (Lipinski definition) is 0. The van der Waals surface area contributed by atoms with Crippen molar-refractivity contribution in [1.29, 1.82) is 0 Å². The number of ether oxygens (including phenoxy) is 3. The first-order valence-electron chi connectivity index (χ1n) is 6.13. The van der Waals surface area contributed by atoms with Gasteiger partial charge >= 0.3 is 5.97 Å². The van der Waals surface area contributed by atoms with Crippen LogP contribution in [0.2, 0.25) is 0 Å². The van der Waals surface area contributed by atoms with Gasteiger partial charge in [0.1, 0.15) is 0 Å². The fourth-order valence-electron chi connectivity index (χ4n) is 1.61. The number of allylic oxidation sites excluding steroid dienone is 1. The Balaban J connectivity index is 3.31. The largest absolute Gasteiger partial charge is 0.493 e. The van der Waals surface area contributed by atoms with Crippen LogP contribution in [-0.4, -0.2) is 20.2 Å². The lowest BCUT2D eigenvalue weighted by Crippen LogP contribution is -2.05. The zero-order valence-corrected chi connectivity index (χ0v) is 12.1. The van der Waals surface area contributed by atoms with Crippen molar-refractivity contribution >= 4 is 12.0 Å². The molecule has 0 fully saturated rings. The summed E-state index contributed by atoms with van der Waals surface area (Å²) in [5.74, 6) is 0.850. The Bertz CT molecular complexity index is 464. The molecule has 4 nitrogen and oxygen atoms in total. The average Bonchev–Trinajstić information content (AvgIpc) is 2.39. The molecule has 0 aliphatic carbocycles. The molecule has 19 heavy (non-hydrogen) atoms. The van der Waals surface area contributed by atoms with Crippen molar-refractivity contribution in [1.82, 2.24) is 0 Å². The highest BCUT2D eigenvalue weighted by Gasteiger charge is 2.15. The second kappa shape index (κ2) is 6.83. The number of carbonyl (C=O) groups excluding carboxylic acids is 1. The van der Waals surface area contributed by atoms with Gasteiger partial charge in [-0.05, 0) is 31.0 Å². The van der Waals surface area contributed by atoms with Crippen LogP contribution in [0.15, 0.2) is 17.7 Å². The van der Waals surface area contributed by atoms with Crippen LogP contribution in [-0.2, 0) is 4.79 Å². The Kier molecular flexibility index (Phi) is 5.42. The molecule has 0 aliphatic heterocycles. The number of esters is 1. The summed E-state index contributed by atoms with van der Waals surface area (Å²) in [4.78, 5) is 11.1. The van der Waals surface area contributed by atoms with Crippen LogP contribution in [0.3, 0.4) is 0 Å². The molecule has 0 N–H and O–H groups in total. The van der Waals surface area contributed by atoms with E-state index in [2.05, 4.69) is 13.8 Å². The summed E-state index contributed by atoms with van der Waals surface area (Å²) in [7, 11) is 3.06. The van der Waals surface area contributed by atoms with E-state index in [4.69, 9.17) is 14.2 Å². The van der Waals surface area contributed by atoms with Crippen molar-refractivity contribution in [3.05, 3.63) is 23.3 Å². The van der Waals surface area contributed by atoms with E-state index in [0.29, 0.717) is 17.2 Å². The third-order valence-corrected chi connectivity index (χ3v) is 2.70. The molecular formula is C15H20O4. The van der Waals surface area contributed by atoms with Gasteiger partial charge in [0.2, 0.25) is 5.75 Å². The van der Waals surface area contributed by atoms with E-state index in [1.165, 1.54) is 26.7 Å². The van der Waals surface area contributed by atoms with Gasteiger partial charge in [0.15, 0.2) is 11.5 Å². The second-order valence-electron chi connectivity index (χ2n) is 4.19. The molecule has 104 valence electrons. The molecule has 1 rings (SSSR count). The molecule has 1 aromatic rings. The van der Waals surface area contributed by atoms with Gasteiger partial charge in [0, 0.05) is 6.92 Å². The van der Waals surface area contributed by atoms with Gasteiger partial charge < -0.3 is 14.2 Å². The van der Waals surface area contributed by atoms with E-state index in [9.17, 15) is 4.79 Å². The smallest absolute Gasteiger partial charge is 0.308 e. The summed E-state index contributed by atoms with van der Waals surface area (Å²) in [6.07, 6.45) is 3.01. The van der Waals surface area contributed by atoms with Gasteiger partial charge in [0.05, 0.1) is 14.2 Å². The van der Waals surface area contributed by atoms with E-state index >= 15 is 0 Å². The molecule has 0 aromatic heterocycles. The van der Waals surface area contributed by atoms with Gasteiger partial charge in [-0.1, -0.05) is 18.6 Å². The zero-order valence-electron chi connectivity index (χ0n) is 12.1. The zero-order chi connectivity index (χ0) is 14.4. The molecule has 4 heteroatoms. The molecule has 0 saturated carbocycles. The Morgan fingerprint density at radius 1 is 1.16 bits per heavy atom. The van der Waals surface area contributed by atoms with Crippen molar-refractivity contribution < 1.29 is 19.0 Å². The number of carbonyl (C=O) groups is 1. The molecule has 0 bridgehead atoms. The van der Waals surface area contributed by atoms with E-state index in [0.717, 1.165) is 12.0 Å². The maximum Gasteiger partial charge on any atom is 0.308 e. The van der Waals surface area contributed by atoms with Gasteiger partial charge in [-0.2, -0.15) is 0 Å². The maximum atomic E-state index is 11.1. The van der Waals surface area contributed by atoms with Gasteiger partial charge in [-0.15, -0.1) is 0 Å². The minimum Gasteiger partial charge on any atom is -0.493 e. The van der Waals surface area contributed by atoms with Crippen molar-refractivity contribution in [2.24, 2.45) is 0 Å². The predicted octanol–water partition coefficient (Wildman–Crippen LogP) is 3.44. The Labute approximate surface area is 114 Å². The van der Waals surface area contributed by atoms with Crippen LogP contribution >= 0.6 is 0 Å². The quantitative estimate of drug-likeness (QED) is 0.603. The van der Waals surface area contributed by atoms with Crippen molar-refractivity contribution in [2.45, 2.75) is 27.2 Å². The minimum atomic E-state index is -0.412. The molecule has 1 aromatic carbocycles. The summed E-state index contributed by atoms with van der Waals surface area (Å²) in [5, 5.41) is 0. The van der Waals surface area contributed by atoms with Gasteiger partial charge in [-0.3, -0.25) is 4.79 Å². The van der Waals surface area contributed by atoms with E-state index in [-0.39, 0.29) is 0 Å². The minimum absolute atomic E-state index is 0.309. The standard InChI is InChI=1S/C15H20O4/c1-6-10(2)7-12-8-13(17-4)15(19-11(3)16)14(9-12)18-5/h7-9H,6H2,1-5H3/b10-7-. The lowest BCUT2D eigenvalue weighted by atomic mass is 10.1.